The number of nitrogens with one attached hydrogen (secondary N) is 1. The van der Waals surface area contributed by atoms with Gasteiger partial charge in [-0.05, 0) is 45.3 Å². The van der Waals surface area contributed by atoms with Gasteiger partial charge in [-0.1, -0.05) is 30.3 Å². The molecular weight excluding hydrogens is 372 g/mol. The van der Waals surface area contributed by atoms with E-state index in [2.05, 4.69) is 15.7 Å². The number of hydrogen-bond donors (Lipinski definition) is 2. The first-order valence-corrected chi connectivity index (χ1v) is 9.90. The van der Waals surface area contributed by atoms with Gasteiger partial charge in [-0.15, -0.1) is 10.2 Å². The van der Waals surface area contributed by atoms with Crippen LogP contribution in [0, 0.1) is 5.92 Å². The Hall–Kier alpha value is -2.71. The molecule has 0 saturated heterocycles. The quantitative estimate of drug-likeness (QED) is 0.737. The normalized spacial score (nSPS) is 27.2. The van der Waals surface area contributed by atoms with Crippen molar-refractivity contribution in [3.05, 3.63) is 59.4 Å². The highest BCUT2D eigenvalue weighted by atomic mass is 16.7. The van der Waals surface area contributed by atoms with Crippen molar-refractivity contribution < 1.29 is 18.8 Å². The van der Waals surface area contributed by atoms with Crippen LogP contribution in [0.5, 0.6) is 0 Å². The first-order chi connectivity index (χ1) is 13.9. The van der Waals surface area contributed by atoms with Crippen molar-refractivity contribution in [2.45, 2.75) is 57.3 Å². The molecule has 1 unspecified atom stereocenters. The number of aromatic nitrogens is 2. The second kappa shape index (κ2) is 7.61. The fraction of sp³-hybridized carbons (Fsp3) is 0.476. The number of primary amides is 1. The van der Waals surface area contributed by atoms with Gasteiger partial charge in [-0.25, -0.2) is 0 Å². The maximum absolute atomic E-state index is 11.6. The number of nitrogens with zero attached hydrogens (tertiary/aromatic N) is 2. The summed E-state index contributed by atoms with van der Waals surface area (Å²) in [6, 6.07) is 9.83. The van der Waals surface area contributed by atoms with Crippen LogP contribution in [0.15, 0.2) is 46.5 Å². The van der Waals surface area contributed by atoms with E-state index in [1.165, 1.54) is 0 Å². The molecule has 0 radical (unpaired) electrons. The van der Waals surface area contributed by atoms with Gasteiger partial charge in [0.05, 0.1) is 6.10 Å². The van der Waals surface area contributed by atoms with Gasteiger partial charge in [0.25, 0.3) is 5.91 Å². The first kappa shape index (κ1) is 19.6. The Morgan fingerprint density at radius 1 is 1.24 bits per heavy atom. The molecular formula is C21H26N4O4. The second-order valence-corrected chi connectivity index (χ2v) is 7.96. The van der Waals surface area contributed by atoms with Crippen LogP contribution in [-0.4, -0.2) is 22.2 Å². The summed E-state index contributed by atoms with van der Waals surface area (Å²) in [4.78, 5) is 17.6. The molecule has 1 fully saturated rings. The third-order valence-corrected chi connectivity index (χ3v) is 5.55. The van der Waals surface area contributed by atoms with Crippen LogP contribution in [0.1, 0.15) is 63.0 Å². The number of hydrogen-bond acceptors (Lipinski definition) is 7. The molecule has 4 rings (SSSR count). The summed E-state index contributed by atoms with van der Waals surface area (Å²) in [7, 11) is 0. The van der Waals surface area contributed by atoms with Gasteiger partial charge in [-0.2, -0.15) is 0 Å². The molecule has 3 N–H and O–H groups in total. The van der Waals surface area contributed by atoms with Crippen LogP contribution in [0.2, 0.25) is 0 Å². The molecule has 2 heterocycles. The molecule has 1 aromatic heterocycles. The molecule has 1 amide bonds. The average molecular weight is 398 g/mol. The van der Waals surface area contributed by atoms with Crippen molar-refractivity contribution in [1.29, 1.82) is 0 Å². The van der Waals surface area contributed by atoms with E-state index >= 15 is 0 Å². The van der Waals surface area contributed by atoms with E-state index < -0.39 is 11.5 Å². The molecule has 2 aromatic rings. The first-order valence-electron chi connectivity index (χ1n) is 9.90. The summed E-state index contributed by atoms with van der Waals surface area (Å²) in [5, 5.41) is 8.37. The minimum Gasteiger partial charge on any atom is -0.422 e. The Kier molecular flexibility index (Phi) is 5.14. The van der Waals surface area contributed by atoms with Crippen LogP contribution in [0.3, 0.4) is 0 Å². The lowest BCUT2D eigenvalue weighted by molar-refractivity contribution is -0.122. The van der Waals surface area contributed by atoms with Crippen LogP contribution in [0.4, 0.5) is 0 Å². The van der Waals surface area contributed by atoms with E-state index in [0.717, 1.165) is 18.4 Å². The Morgan fingerprint density at radius 3 is 2.59 bits per heavy atom. The highest BCUT2D eigenvalue weighted by Crippen LogP contribution is 2.53. The van der Waals surface area contributed by atoms with Gasteiger partial charge < -0.3 is 14.9 Å². The maximum atomic E-state index is 11.6. The summed E-state index contributed by atoms with van der Waals surface area (Å²) >= 11 is 0. The number of hydroxylamine groups is 1. The lowest BCUT2D eigenvalue weighted by Gasteiger charge is -2.43. The summed E-state index contributed by atoms with van der Waals surface area (Å²) in [5.74, 6) is 0.842. The van der Waals surface area contributed by atoms with Crippen LogP contribution in [-0.2, 0) is 20.0 Å². The van der Waals surface area contributed by atoms with Gasteiger partial charge in [-0.3, -0.25) is 15.1 Å². The number of benzene rings is 1. The van der Waals surface area contributed by atoms with Crippen molar-refractivity contribution >= 4 is 5.91 Å². The SMILES string of the molecule is CC(C)O[C@H](C)c1nnc(C2CC(C3(c4ccccc4)C=C(C(N)=O)NO3)C2)o1. The Bertz CT molecular complexity index is 904. The van der Waals surface area contributed by atoms with E-state index in [1.54, 1.807) is 6.08 Å². The molecule has 8 nitrogen and oxygen atoms in total. The summed E-state index contributed by atoms with van der Waals surface area (Å²) < 4.78 is 11.6. The van der Waals surface area contributed by atoms with Gasteiger partial charge >= 0.3 is 0 Å². The van der Waals surface area contributed by atoms with Crippen molar-refractivity contribution in [3.8, 4) is 0 Å². The number of rotatable bonds is 7. The van der Waals surface area contributed by atoms with Crippen molar-refractivity contribution in [1.82, 2.24) is 15.7 Å². The van der Waals surface area contributed by atoms with Crippen LogP contribution in [0.25, 0.3) is 0 Å². The molecule has 2 aliphatic rings. The summed E-state index contributed by atoms with van der Waals surface area (Å²) in [5.41, 5.74) is 8.64. The molecule has 1 aliphatic heterocycles. The zero-order valence-corrected chi connectivity index (χ0v) is 16.8. The number of nitrogens with two attached hydrogens (primary N) is 1. The summed E-state index contributed by atoms with van der Waals surface area (Å²) in [6.07, 6.45) is 3.22. The fourth-order valence-corrected chi connectivity index (χ4v) is 4.02. The van der Waals surface area contributed by atoms with Crippen molar-refractivity contribution in [3.63, 3.8) is 0 Å². The number of ether oxygens (including phenoxy) is 1. The summed E-state index contributed by atoms with van der Waals surface area (Å²) in [6.45, 7) is 5.84. The predicted octanol–water partition coefficient (Wildman–Crippen LogP) is 2.85. The number of carbonyl (C=O) groups excluding carboxylic acids is 1. The molecule has 2 atom stereocenters. The highest BCUT2D eigenvalue weighted by Gasteiger charge is 2.52. The molecule has 0 bridgehead atoms. The zero-order chi connectivity index (χ0) is 20.6. The third-order valence-electron chi connectivity index (χ3n) is 5.55. The van der Waals surface area contributed by atoms with Crippen molar-refractivity contribution in [2.75, 3.05) is 0 Å². The molecule has 0 spiro atoms. The molecule has 8 heteroatoms. The zero-order valence-electron chi connectivity index (χ0n) is 16.8. The molecule has 1 saturated carbocycles. The Labute approximate surface area is 169 Å². The topological polar surface area (TPSA) is 112 Å². The molecule has 1 aromatic carbocycles. The Balaban J connectivity index is 1.51. The fourth-order valence-electron chi connectivity index (χ4n) is 4.02. The van der Waals surface area contributed by atoms with Gasteiger partial charge in [0, 0.05) is 11.8 Å². The minimum atomic E-state index is -0.751. The Morgan fingerprint density at radius 2 is 1.97 bits per heavy atom. The predicted molar refractivity (Wildman–Crippen MR) is 104 cm³/mol. The molecule has 154 valence electrons. The molecule has 1 aliphatic carbocycles. The monoisotopic (exact) mass is 398 g/mol. The second-order valence-electron chi connectivity index (χ2n) is 7.96. The van der Waals surface area contributed by atoms with Crippen molar-refractivity contribution in [2.24, 2.45) is 11.7 Å². The lowest BCUT2D eigenvalue weighted by atomic mass is 9.64. The van der Waals surface area contributed by atoms with E-state index in [0.29, 0.717) is 11.8 Å². The molecule has 29 heavy (non-hydrogen) atoms. The largest absolute Gasteiger partial charge is 0.422 e. The van der Waals surface area contributed by atoms with E-state index in [1.807, 2.05) is 51.1 Å². The van der Waals surface area contributed by atoms with E-state index in [9.17, 15) is 4.79 Å². The maximum Gasteiger partial charge on any atom is 0.266 e. The minimum absolute atomic E-state index is 0.0809. The number of amides is 1. The third kappa shape index (κ3) is 3.65. The standard InChI is InChI=1S/C21H26N4O4/c1-12(2)27-13(3)19-23-24-20(28-19)14-9-16(10-14)21(15-7-5-4-6-8-15)11-17(18(22)26)25-29-21/h4-8,11-14,16,25H,9-10H2,1-3H3,(H2,22,26)/t13-,14?,16?,21?/m1/s1. The van der Waals surface area contributed by atoms with Gasteiger partial charge in [0.2, 0.25) is 11.8 Å². The van der Waals surface area contributed by atoms with E-state index in [4.69, 9.17) is 19.7 Å². The van der Waals surface area contributed by atoms with E-state index in [-0.39, 0.29) is 29.7 Å². The van der Waals surface area contributed by atoms with Crippen LogP contribution < -0.4 is 11.2 Å². The van der Waals surface area contributed by atoms with Gasteiger partial charge in [0.1, 0.15) is 17.4 Å². The average Bonchev–Trinajstić information content (AvgIpc) is 3.29. The van der Waals surface area contributed by atoms with Crippen LogP contribution >= 0.6 is 0 Å². The smallest absolute Gasteiger partial charge is 0.266 e. The number of carbonyl (C=O) groups is 1. The van der Waals surface area contributed by atoms with Gasteiger partial charge in [0.15, 0.2) is 0 Å². The lowest BCUT2D eigenvalue weighted by Crippen LogP contribution is -2.42. The highest BCUT2D eigenvalue weighted by molar-refractivity contribution is 5.91.